The van der Waals surface area contributed by atoms with Crippen molar-refractivity contribution in [1.82, 2.24) is 0 Å². The molecule has 0 unspecified atom stereocenters. The third-order valence-electron chi connectivity index (χ3n) is 2.49. The first-order chi connectivity index (χ1) is 7.38. The van der Waals surface area contributed by atoms with Gasteiger partial charge in [-0.3, -0.25) is 0 Å². The van der Waals surface area contributed by atoms with Crippen LogP contribution in [0.25, 0.3) is 0 Å². The molecule has 0 aromatic heterocycles. The van der Waals surface area contributed by atoms with Crippen molar-refractivity contribution in [3.8, 4) is 0 Å². The Balaban J connectivity index is 2.30. The van der Waals surface area contributed by atoms with E-state index in [4.69, 9.17) is 5.73 Å². The Morgan fingerprint density at radius 1 is 1.13 bits per heavy atom. The third-order valence-corrected chi connectivity index (χ3v) is 3.58. The average Bonchev–Trinajstić information content (AvgIpc) is 2.29. The lowest BCUT2D eigenvalue weighted by Gasteiger charge is -2.06. The fraction of sp³-hybridized carbons (Fsp3) is 0.538. The smallest absolute Gasteiger partial charge is 0.0187 e. The standard InChI is InChI=1S/C13H21NS/c1-2-3-6-9-15-11-13-8-5-4-7-12(13)10-14/h4-5,7-8H,2-3,6,9-11,14H2,1H3. The zero-order valence-corrected chi connectivity index (χ0v) is 10.4. The van der Waals surface area contributed by atoms with E-state index < -0.39 is 0 Å². The van der Waals surface area contributed by atoms with Gasteiger partial charge in [-0.1, -0.05) is 44.0 Å². The number of nitrogens with two attached hydrogens (primary N) is 1. The van der Waals surface area contributed by atoms with Gasteiger partial charge in [-0.2, -0.15) is 11.8 Å². The Morgan fingerprint density at radius 2 is 1.87 bits per heavy atom. The van der Waals surface area contributed by atoms with Crippen molar-refractivity contribution in [2.75, 3.05) is 5.75 Å². The zero-order chi connectivity index (χ0) is 10.9. The van der Waals surface area contributed by atoms with E-state index in [0.717, 1.165) is 5.75 Å². The summed E-state index contributed by atoms with van der Waals surface area (Å²) in [6.07, 6.45) is 4.00. The van der Waals surface area contributed by atoms with E-state index in [-0.39, 0.29) is 0 Å². The predicted octanol–water partition coefficient (Wildman–Crippen LogP) is 3.57. The van der Waals surface area contributed by atoms with Gasteiger partial charge in [0.2, 0.25) is 0 Å². The molecule has 0 amide bonds. The summed E-state index contributed by atoms with van der Waals surface area (Å²) < 4.78 is 0. The molecule has 1 rings (SSSR count). The minimum atomic E-state index is 0.658. The molecular weight excluding hydrogens is 202 g/mol. The van der Waals surface area contributed by atoms with Crippen molar-refractivity contribution in [2.45, 2.75) is 38.5 Å². The van der Waals surface area contributed by atoms with E-state index in [0.29, 0.717) is 6.54 Å². The Morgan fingerprint density at radius 3 is 2.53 bits per heavy atom. The lowest BCUT2D eigenvalue weighted by atomic mass is 10.1. The van der Waals surface area contributed by atoms with Crippen LogP contribution in [0.1, 0.15) is 37.3 Å². The van der Waals surface area contributed by atoms with Crippen LogP contribution >= 0.6 is 11.8 Å². The Kier molecular flexibility index (Phi) is 6.53. The van der Waals surface area contributed by atoms with E-state index in [1.165, 1.54) is 36.1 Å². The first-order valence-electron chi connectivity index (χ1n) is 5.73. The zero-order valence-electron chi connectivity index (χ0n) is 9.54. The summed E-state index contributed by atoms with van der Waals surface area (Å²) in [5.41, 5.74) is 8.39. The highest BCUT2D eigenvalue weighted by molar-refractivity contribution is 7.98. The van der Waals surface area contributed by atoms with Crippen LogP contribution in [-0.2, 0) is 12.3 Å². The molecule has 0 aliphatic rings. The number of unbranched alkanes of at least 4 members (excludes halogenated alkanes) is 2. The average molecular weight is 223 g/mol. The van der Waals surface area contributed by atoms with E-state index in [9.17, 15) is 0 Å². The van der Waals surface area contributed by atoms with Crippen molar-refractivity contribution in [1.29, 1.82) is 0 Å². The molecule has 1 aromatic rings. The molecule has 0 saturated heterocycles. The molecule has 0 bridgehead atoms. The monoisotopic (exact) mass is 223 g/mol. The van der Waals surface area contributed by atoms with Crippen molar-refractivity contribution < 1.29 is 0 Å². The maximum atomic E-state index is 5.69. The van der Waals surface area contributed by atoms with E-state index in [1.807, 2.05) is 11.8 Å². The van der Waals surface area contributed by atoms with Gasteiger partial charge < -0.3 is 5.73 Å². The van der Waals surface area contributed by atoms with Crippen LogP contribution < -0.4 is 5.73 Å². The summed E-state index contributed by atoms with van der Waals surface area (Å²) in [5, 5.41) is 0. The normalized spacial score (nSPS) is 10.5. The quantitative estimate of drug-likeness (QED) is 0.715. The summed E-state index contributed by atoms with van der Waals surface area (Å²) in [5.74, 6) is 2.38. The van der Waals surface area contributed by atoms with Gasteiger partial charge in [0.25, 0.3) is 0 Å². The first kappa shape index (κ1) is 12.6. The molecule has 15 heavy (non-hydrogen) atoms. The lowest BCUT2D eigenvalue weighted by molar-refractivity contribution is 0.778. The minimum absolute atomic E-state index is 0.658. The summed E-state index contributed by atoms with van der Waals surface area (Å²) in [7, 11) is 0. The van der Waals surface area contributed by atoms with Gasteiger partial charge in [0.15, 0.2) is 0 Å². The molecule has 1 nitrogen and oxygen atoms in total. The first-order valence-corrected chi connectivity index (χ1v) is 6.88. The second kappa shape index (κ2) is 7.77. The number of benzene rings is 1. The van der Waals surface area contributed by atoms with Gasteiger partial charge in [0.1, 0.15) is 0 Å². The van der Waals surface area contributed by atoms with Crippen LogP contribution in [0.4, 0.5) is 0 Å². The van der Waals surface area contributed by atoms with Gasteiger partial charge in [0.05, 0.1) is 0 Å². The lowest BCUT2D eigenvalue weighted by Crippen LogP contribution is -2.00. The minimum Gasteiger partial charge on any atom is -0.326 e. The van der Waals surface area contributed by atoms with Gasteiger partial charge >= 0.3 is 0 Å². The largest absolute Gasteiger partial charge is 0.326 e. The van der Waals surface area contributed by atoms with Crippen LogP contribution in [0.3, 0.4) is 0 Å². The highest BCUT2D eigenvalue weighted by atomic mass is 32.2. The predicted molar refractivity (Wildman–Crippen MR) is 70.0 cm³/mol. The molecule has 0 aliphatic heterocycles. The van der Waals surface area contributed by atoms with Crippen LogP contribution in [0.5, 0.6) is 0 Å². The molecule has 1 aromatic carbocycles. The van der Waals surface area contributed by atoms with Crippen molar-refractivity contribution in [2.24, 2.45) is 5.73 Å². The van der Waals surface area contributed by atoms with Crippen LogP contribution in [0.15, 0.2) is 24.3 Å². The van der Waals surface area contributed by atoms with Gasteiger partial charge in [0, 0.05) is 12.3 Å². The summed E-state index contributed by atoms with van der Waals surface area (Å²) in [6.45, 7) is 2.90. The molecule has 2 N–H and O–H groups in total. The van der Waals surface area contributed by atoms with Crippen molar-refractivity contribution >= 4 is 11.8 Å². The fourth-order valence-electron chi connectivity index (χ4n) is 1.53. The second-order valence-electron chi connectivity index (χ2n) is 3.73. The molecule has 2 heteroatoms. The summed E-state index contributed by atoms with van der Waals surface area (Å²) in [6, 6.07) is 8.48. The molecule has 0 saturated carbocycles. The Hall–Kier alpha value is -0.470. The van der Waals surface area contributed by atoms with E-state index in [2.05, 4.69) is 31.2 Å². The molecule has 0 spiro atoms. The van der Waals surface area contributed by atoms with Gasteiger partial charge in [-0.25, -0.2) is 0 Å². The molecule has 0 atom stereocenters. The topological polar surface area (TPSA) is 26.0 Å². The maximum Gasteiger partial charge on any atom is 0.0187 e. The Labute approximate surface area is 97.4 Å². The molecule has 0 aliphatic carbocycles. The molecule has 0 heterocycles. The third kappa shape index (κ3) is 4.72. The van der Waals surface area contributed by atoms with Crippen molar-refractivity contribution in [3.63, 3.8) is 0 Å². The summed E-state index contributed by atoms with van der Waals surface area (Å²) >= 11 is 2.02. The Bertz CT molecular complexity index is 273. The highest BCUT2D eigenvalue weighted by Crippen LogP contribution is 2.17. The molecule has 0 fully saturated rings. The van der Waals surface area contributed by atoms with Gasteiger partial charge in [-0.15, -0.1) is 0 Å². The highest BCUT2D eigenvalue weighted by Gasteiger charge is 1.99. The molecule has 0 radical (unpaired) electrons. The maximum absolute atomic E-state index is 5.69. The number of hydrogen-bond acceptors (Lipinski definition) is 2. The van der Waals surface area contributed by atoms with Crippen molar-refractivity contribution in [3.05, 3.63) is 35.4 Å². The van der Waals surface area contributed by atoms with Crippen LogP contribution in [0, 0.1) is 0 Å². The SMILES string of the molecule is CCCCCSCc1ccccc1CN. The van der Waals surface area contributed by atoms with Crippen LogP contribution in [0.2, 0.25) is 0 Å². The van der Waals surface area contributed by atoms with E-state index in [1.54, 1.807) is 0 Å². The molecular formula is C13H21NS. The number of thioether (sulfide) groups is 1. The molecule has 84 valence electrons. The number of rotatable bonds is 7. The van der Waals surface area contributed by atoms with E-state index >= 15 is 0 Å². The van der Waals surface area contributed by atoms with Gasteiger partial charge in [-0.05, 0) is 23.3 Å². The second-order valence-corrected chi connectivity index (χ2v) is 4.84. The fourth-order valence-corrected chi connectivity index (χ4v) is 2.59. The number of hydrogen-bond donors (Lipinski definition) is 1. The van der Waals surface area contributed by atoms with Crippen LogP contribution in [-0.4, -0.2) is 5.75 Å². The summed E-state index contributed by atoms with van der Waals surface area (Å²) in [4.78, 5) is 0.